The van der Waals surface area contributed by atoms with Crippen molar-refractivity contribution in [3.8, 4) is 0 Å². The summed E-state index contributed by atoms with van der Waals surface area (Å²) in [5.74, 6) is 1.62. The first-order valence-electron chi connectivity index (χ1n) is 16.7. The van der Waals surface area contributed by atoms with Crippen LogP contribution >= 0.6 is 0 Å². The van der Waals surface area contributed by atoms with Gasteiger partial charge in [0, 0.05) is 32.3 Å². The standard InChI is InChI=1S/C34H52N4O3Si/c1-34(2,3)42(5,6)41-27-16-14-26(15-17-27)38-19-18-37(22-30(38)39)33(40)32-35-31-28(24-10-8-7-9-11-24)20-25(23-12-13-23)21-29(31)36(32)4/h20-21,23-24,26-27H,7-19,22H2,1-6H3. The van der Waals surface area contributed by atoms with E-state index < -0.39 is 8.32 Å². The van der Waals surface area contributed by atoms with Gasteiger partial charge in [-0.25, -0.2) is 4.98 Å². The monoisotopic (exact) mass is 592 g/mol. The highest BCUT2D eigenvalue weighted by atomic mass is 28.4. The van der Waals surface area contributed by atoms with Crippen LogP contribution < -0.4 is 0 Å². The van der Waals surface area contributed by atoms with E-state index >= 15 is 0 Å². The highest BCUT2D eigenvalue weighted by Gasteiger charge is 2.41. The van der Waals surface area contributed by atoms with Gasteiger partial charge in [0.1, 0.15) is 6.54 Å². The number of fused-ring (bicyclic) bond motifs is 1. The van der Waals surface area contributed by atoms with Crippen LogP contribution in [0.15, 0.2) is 12.1 Å². The van der Waals surface area contributed by atoms with E-state index in [0.29, 0.717) is 36.9 Å². The molecule has 0 unspecified atom stereocenters. The third kappa shape index (κ3) is 5.82. The number of carbonyl (C=O) groups excluding carboxylic acids is 2. The normalized spacial score (nSPS) is 25.0. The molecule has 2 heterocycles. The molecule has 0 atom stereocenters. The summed E-state index contributed by atoms with van der Waals surface area (Å²) in [7, 11) is 0.188. The van der Waals surface area contributed by atoms with E-state index in [1.807, 2.05) is 16.5 Å². The van der Waals surface area contributed by atoms with Crippen LogP contribution in [0, 0.1) is 0 Å². The predicted octanol–water partition coefficient (Wildman–Crippen LogP) is 7.12. The highest BCUT2D eigenvalue weighted by molar-refractivity contribution is 6.74. The molecule has 0 spiro atoms. The second kappa shape index (κ2) is 11.4. The Morgan fingerprint density at radius 3 is 2.24 bits per heavy atom. The molecule has 2 amide bonds. The molecule has 3 aliphatic carbocycles. The lowest BCUT2D eigenvalue weighted by Gasteiger charge is -2.44. The fourth-order valence-electron chi connectivity index (χ4n) is 7.36. The minimum atomic E-state index is -1.79. The molecule has 4 aliphatic rings. The lowest BCUT2D eigenvalue weighted by atomic mass is 9.82. The Kier molecular flexibility index (Phi) is 8.09. The van der Waals surface area contributed by atoms with Gasteiger partial charge in [-0.1, -0.05) is 46.1 Å². The van der Waals surface area contributed by atoms with Crippen LogP contribution in [0.25, 0.3) is 11.0 Å². The van der Waals surface area contributed by atoms with Gasteiger partial charge in [-0.15, -0.1) is 0 Å². The number of nitrogens with zero attached hydrogens (tertiary/aromatic N) is 4. The maximum absolute atomic E-state index is 13.9. The van der Waals surface area contributed by atoms with Gasteiger partial charge in [0.25, 0.3) is 5.91 Å². The quantitative estimate of drug-likeness (QED) is 0.335. The van der Waals surface area contributed by atoms with Gasteiger partial charge in [0.15, 0.2) is 14.1 Å². The van der Waals surface area contributed by atoms with Crippen LogP contribution in [0.5, 0.6) is 0 Å². The van der Waals surface area contributed by atoms with Gasteiger partial charge in [0.2, 0.25) is 5.91 Å². The van der Waals surface area contributed by atoms with Gasteiger partial charge in [0.05, 0.1) is 11.0 Å². The zero-order valence-corrected chi connectivity index (χ0v) is 27.9. The Hall–Kier alpha value is -2.19. The third-order valence-electron chi connectivity index (χ3n) is 11.2. The van der Waals surface area contributed by atoms with Crippen molar-refractivity contribution in [3.05, 3.63) is 29.1 Å². The average Bonchev–Trinajstić information content (AvgIpc) is 3.76. The van der Waals surface area contributed by atoms with Gasteiger partial charge >= 0.3 is 0 Å². The number of rotatable bonds is 6. The molecule has 1 aromatic heterocycles. The molecule has 0 N–H and O–H groups in total. The smallest absolute Gasteiger partial charge is 0.290 e. The molecule has 3 saturated carbocycles. The Morgan fingerprint density at radius 2 is 1.62 bits per heavy atom. The van der Waals surface area contributed by atoms with Gasteiger partial charge in [-0.05, 0) is 98.5 Å². The summed E-state index contributed by atoms with van der Waals surface area (Å²) >= 11 is 0. The van der Waals surface area contributed by atoms with E-state index in [1.54, 1.807) is 4.90 Å². The summed E-state index contributed by atoms with van der Waals surface area (Å²) in [5, 5.41) is 0.207. The first kappa shape index (κ1) is 29.9. The van der Waals surface area contributed by atoms with Crippen molar-refractivity contribution >= 4 is 31.2 Å². The number of amides is 2. The van der Waals surface area contributed by atoms with Crippen molar-refractivity contribution in [2.45, 2.75) is 134 Å². The van der Waals surface area contributed by atoms with Crippen LogP contribution in [0.1, 0.15) is 125 Å². The number of carbonyl (C=O) groups is 2. The molecule has 8 heteroatoms. The van der Waals surface area contributed by atoms with E-state index in [0.717, 1.165) is 36.7 Å². The number of hydrogen-bond acceptors (Lipinski definition) is 4. The molecule has 42 heavy (non-hydrogen) atoms. The highest BCUT2D eigenvalue weighted by Crippen LogP contribution is 2.45. The van der Waals surface area contributed by atoms with Crippen molar-refractivity contribution in [1.29, 1.82) is 0 Å². The summed E-state index contributed by atoms with van der Waals surface area (Å²) in [4.78, 5) is 36.0. The molecule has 230 valence electrons. The number of benzene rings is 1. The fraction of sp³-hybridized carbons (Fsp3) is 0.735. The van der Waals surface area contributed by atoms with E-state index in [1.165, 1.54) is 56.1 Å². The molecular weight excluding hydrogens is 540 g/mol. The van der Waals surface area contributed by atoms with Gasteiger partial charge in [-0.3, -0.25) is 9.59 Å². The van der Waals surface area contributed by atoms with Crippen molar-refractivity contribution in [1.82, 2.24) is 19.4 Å². The SMILES string of the molecule is Cn1c(C(=O)N2CCN(C3CCC(O[Si](C)(C)C(C)(C)C)CC3)C(=O)C2)nc2c(C3CCCCC3)cc(C3CC3)cc21. The average molecular weight is 593 g/mol. The first-order chi connectivity index (χ1) is 19.9. The Bertz CT molecular complexity index is 1330. The number of aromatic nitrogens is 2. The van der Waals surface area contributed by atoms with Crippen LogP contribution in [0.2, 0.25) is 18.1 Å². The number of aryl methyl sites for hydroxylation is 1. The van der Waals surface area contributed by atoms with Crippen molar-refractivity contribution in [2.24, 2.45) is 7.05 Å². The predicted molar refractivity (Wildman–Crippen MR) is 170 cm³/mol. The lowest BCUT2D eigenvalue weighted by Crippen LogP contribution is -2.56. The zero-order valence-electron chi connectivity index (χ0n) is 26.9. The van der Waals surface area contributed by atoms with Crippen molar-refractivity contribution < 1.29 is 14.0 Å². The molecule has 7 nitrogen and oxygen atoms in total. The summed E-state index contributed by atoms with van der Waals surface area (Å²) < 4.78 is 8.68. The lowest BCUT2D eigenvalue weighted by molar-refractivity contribution is -0.138. The van der Waals surface area contributed by atoms with Crippen LogP contribution in [0.3, 0.4) is 0 Å². The molecule has 0 radical (unpaired) electrons. The second-order valence-electron chi connectivity index (χ2n) is 15.2. The largest absolute Gasteiger partial charge is 0.414 e. The summed E-state index contributed by atoms with van der Waals surface area (Å²) in [6, 6.07) is 4.94. The Balaban J connectivity index is 1.13. The molecular formula is C34H52N4O3Si. The fourth-order valence-corrected chi connectivity index (χ4v) is 8.78. The van der Waals surface area contributed by atoms with Crippen LogP contribution in [0.4, 0.5) is 0 Å². The molecule has 1 aromatic carbocycles. The second-order valence-corrected chi connectivity index (χ2v) is 20.0. The zero-order chi connectivity index (χ0) is 29.8. The van der Waals surface area contributed by atoms with Crippen LogP contribution in [-0.2, 0) is 16.3 Å². The van der Waals surface area contributed by atoms with Crippen molar-refractivity contribution in [2.75, 3.05) is 19.6 Å². The first-order valence-corrected chi connectivity index (χ1v) is 19.6. The Morgan fingerprint density at radius 1 is 0.929 bits per heavy atom. The Labute approximate surface area is 253 Å². The van der Waals surface area contributed by atoms with Crippen molar-refractivity contribution in [3.63, 3.8) is 0 Å². The molecule has 1 saturated heterocycles. The van der Waals surface area contributed by atoms with E-state index in [-0.39, 0.29) is 29.4 Å². The number of piperazine rings is 1. The van der Waals surface area contributed by atoms with Gasteiger partial charge < -0.3 is 18.8 Å². The summed E-state index contributed by atoms with van der Waals surface area (Å²) in [5.41, 5.74) is 4.83. The van der Waals surface area contributed by atoms with Crippen LogP contribution in [-0.4, -0.2) is 71.3 Å². The van der Waals surface area contributed by atoms with E-state index in [9.17, 15) is 9.59 Å². The van der Waals surface area contributed by atoms with E-state index in [4.69, 9.17) is 9.41 Å². The molecule has 2 aromatic rings. The number of hydrogen-bond donors (Lipinski definition) is 0. The molecule has 1 aliphatic heterocycles. The third-order valence-corrected chi connectivity index (χ3v) is 15.8. The minimum Gasteiger partial charge on any atom is -0.414 e. The van der Waals surface area contributed by atoms with E-state index in [2.05, 4.69) is 46.0 Å². The summed E-state index contributed by atoms with van der Waals surface area (Å²) in [6.45, 7) is 12.8. The molecule has 6 rings (SSSR count). The maximum Gasteiger partial charge on any atom is 0.290 e. The molecule has 4 fully saturated rings. The molecule has 0 bridgehead atoms. The van der Waals surface area contributed by atoms with Gasteiger partial charge in [-0.2, -0.15) is 0 Å². The summed E-state index contributed by atoms with van der Waals surface area (Å²) in [6.07, 6.45) is 13.1. The minimum absolute atomic E-state index is 0.0704. The topological polar surface area (TPSA) is 67.7 Å². The maximum atomic E-state index is 13.9. The number of imidazole rings is 1.